The molecule has 0 radical (unpaired) electrons. The fraction of sp³-hybridized carbons (Fsp3) is 0.500. The molecule has 0 heterocycles. The number of aryl methyl sites for hydroxylation is 1. The standard InChI is InChI=1S/C12H18ClNO4S/c1-12(8-15,9-16)14-19(17,18)11-4-2-10(3-5-11)6-7-13/h2-5,14-16H,6-9H2,1H3. The Morgan fingerprint density at radius 2 is 1.74 bits per heavy atom. The summed E-state index contributed by atoms with van der Waals surface area (Å²) in [5.74, 6) is 0.470. The minimum absolute atomic E-state index is 0.0824. The minimum Gasteiger partial charge on any atom is -0.394 e. The third kappa shape index (κ3) is 4.43. The molecular formula is C12H18ClNO4S. The van der Waals surface area contributed by atoms with Crippen LogP contribution in [-0.2, 0) is 16.4 Å². The third-order valence-corrected chi connectivity index (χ3v) is 4.54. The third-order valence-electron chi connectivity index (χ3n) is 2.70. The van der Waals surface area contributed by atoms with E-state index in [-0.39, 0.29) is 4.90 Å². The lowest BCUT2D eigenvalue weighted by Crippen LogP contribution is -2.51. The van der Waals surface area contributed by atoms with Crippen LogP contribution in [0.3, 0.4) is 0 Å². The Hall–Kier alpha value is -0.660. The Morgan fingerprint density at radius 3 is 2.16 bits per heavy atom. The zero-order valence-electron chi connectivity index (χ0n) is 10.6. The zero-order valence-corrected chi connectivity index (χ0v) is 12.2. The number of rotatable bonds is 7. The molecule has 108 valence electrons. The number of nitrogens with one attached hydrogen (secondary N) is 1. The van der Waals surface area contributed by atoms with E-state index >= 15 is 0 Å². The predicted octanol–water partition coefficient (Wildman–Crippen LogP) is 0.489. The Balaban J connectivity index is 2.94. The molecule has 0 unspecified atom stereocenters. The molecule has 0 amide bonds. The monoisotopic (exact) mass is 307 g/mol. The van der Waals surface area contributed by atoms with Crippen molar-refractivity contribution in [2.24, 2.45) is 0 Å². The first-order valence-corrected chi connectivity index (χ1v) is 7.79. The number of aliphatic hydroxyl groups excluding tert-OH is 2. The van der Waals surface area contributed by atoms with Gasteiger partial charge in [-0.2, -0.15) is 0 Å². The molecule has 0 aliphatic rings. The summed E-state index contributed by atoms with van der Waals surface area (Å²) in [6.45, 7) is 0.437. The largest absolute Gasteiger partial charge is 0.394 e. The van der Waals surface area contributed by atoms with E-state index in [1.54, 1.807) is 12.1 Å². The van der Waals surface area contributed by atoms with Crippen molar-refractivity contribution in [2.75, 3.05) is 19.1 Å². The van der Waals surface area contributed by atoms with Gasteiger partial charge < -0.3 is 10.2 Å². The molecule has 5 nitrogen and oxygen atoms in total. The molecule has 0 saturated carbocycles. The van der Waals surface area contributed by atoms with Crippen molar-refractivity contribution in [1.82, 2.24) is 4.72 Å². The van der Waals surface area contributed by atoms with E-state index in [9.17, 15) is 8.42 Å². The summed E-state index contributed by atoms with van der Waals surface area (Å²) in [6.07, 6.45) is 0.667. The normalized spacial score (nSPS) is 12.6. The van der Waals surface area contributed by atoms with Gasteiger partial charge in [-0.05, 0) is 31.0 Å². The topological polar surface area (TPSA) is 86.6 Å². The molecule has 7 heteroatoms. The van der Waals surface area contributed by atoms with Gasteiger partial charge in [0.25, 0.3) is 0 Å². The summed E-state index contributed by atoms with van der Waals surface area (Å²) in [5, 5.41) is 18.2. The number of sulfonamides is 1. The summed E-state index contributed by atoms with van der Waals surface area (Å²) >= 11 is 5.60. The second kappa shape index (κ2) is 6.67. The quantitative estimate of drug-likeness (QED) is 0.640. The molecule has 0 atom stereocenters. The smallest absolute Gasteiger partial charge is 0.241 e. The first kappa shape index (κ1) is 16.4. The first-order chi connectivity index (χ1) is 8.87. The van der Waals surface area contributed by atoms with Gasteiger partial charge in [0.05, 0.1) is 23.6 Å². The predicted molar refractivity (Wildman–Crippen MR) is 73.8 cm³/mol. The van der Waals surface area contributed by atoms with Crippen molar-refractivity contribution in [3.05, 3.63) is 29.8 Å². The van der Waals surface area contributed by atoms with Crippen molar-refractivity contribution in [3.8, 4) is 0 Å². The van der Waals surface area contributed by atoms with Gasteiger partial charge in [-0.15, -0.1) is 11.6 Å². The highest BCUT2D eigenvalue weighted by Crippen LogP contribution is 2.14. The van der Waals surface area contributed by atoms with Gasteiger partial charge in [-0.25, -0.2) is 13.1 Å². The number of alkyl halides is 1. The Bertz CT molecular complexity index is 497. The van der Waals surface area contributed by atoms with Gasteiger partial charge >= 0.3 is 0 Å². The first-order valence-electron chi connectivity index (χ1n) is 5.77. The number of halogens is 1. The maximum Gasteiger partial charge on any atom is 0.241 e. The summed E-state index contributed by atoms with van der Waals surface area (Å²) in [6, 6.07) is 6.32. The van der Waals surface area contributed by atoms with Crippen LogP contribution >= 0.6 is 11.6 Å². The molecule has 0 aromatic heterocycles. The van der Waals surface area contributed by atoms with Crippen LogP contribution in [0.25, 0.3) is 0 Å². The van der Waals surface area contributed by atoms with Gasteiger partial charge in [-0.1, -0.05) is 12.1 Å². The van der Waals surface area contributed by atoms with E-state index in [2.05, 4.69) is 4.72 Å². The van der Waals surface area contributed by atoms with Gasteiger partial charge in [-0.3, -0.25) is 0 Å². The van der Waals surface area contributed by atoms with Crippen LogP contribution in [0.15, 0.2) is 29.2 Å². The zero-order chi connectivity index (χ0) is 14.5. The van der Waals surface area contributed by atoms with Gasteiger partial charge in [0.1, 0.15) is 0 Å². The lowest BCUT2D eigenvalue weighted by atomic mass is 10.1. The molecule has 3 N–H and O–H groups in total. The van der Waals surface area contributed by atoms with Crippen molar-refractivity contribution < 1.29 is 18.6 Å². The van der Waals surface area contributed by atoms with Gasteiger partial charge in [0, 0.05) is 5.88 Å². The van der Waals surface area contributed by atoms with E-state index in [1.807, 2.05) is 0 Å². The highest BCUT2D eigenvalue weighted by atomic mass is 35.5. The number of aliphatic hydroxyl groups is 2. The molecule has 0 fully saturated rings. The van der Waals surface area contributed by atoms with E-state index in [4.69, 9.17) is 21.8 Å². The van der Waals surface area contributed by atoms with E-state index in [0.29, 0.717) is 12.3 Å². The average Bonchev–Trinajstić information content (AvgIpc) is 2.39. The highest BCUT2D eigenvalue weighted by molar-refractivity contribution is 7.89. The summed E-state index contributed by atoms with van der Waals surface area (Å²) in [7, 11) is -3.78. The van der Waals surface area contributed by atoms with E-state index < -0.39 is 28.8 Å². The molecule has 0 bridgehead atoms. The number of hydrogen-bond donors (Lipinski definition) is 3. The Kier molecular flexibility index (Phi) is 5.76. The summed E-state index contributed by atoms with van der Waals surface area (Å²) in [4.78, 5) is 0.0824. The molecule has 1 aromatic carbocycles. The summed E-state index contributed by atoms with van der Waals surface area (Å²) in [5.41, 5.74) is -0.339. The van der Waals surface area contributed by atoms with Crippen LogP contribution in [0.2, 0.25) is 0 Å². The molecule has 19 heavy (non-hydrogen) atoms. The lowest BCUT2D eigenvalue weighted by Gasteiger charge is -2.25. The SMILES string of the molecule is CC(CO)(CO)NS(=O)(=O)c1ccc(CCCl)cc1. The van der Waals surface area contributed by atoms with E-state index in [0.717, 1.165) is 5.56 Å². The molecule has 0 saturated heterocycles. The van der Waals surface area contributed by atoms with Crippen molar-refractivity contribution in [1.29, 1.82) is 0 Å². The van der Waals surface area contributed by atoms with Gasteiger partial charge in [0.15, 0.2) is 0 Å². The molecule has 0 aliphatic carbocycles. The van der Waals surface area contributed by atoms with E-state index in [1.165, 1.54) is 19.1 Å². The average molecular weight is 308 g/mol. The fourth-order valence-electron chi connectivity index (χ4n) is 1.44. The fourth-order valence-corrected chi connectivity index (χ4v) is 3.05. The highest BCUT2D eigenvalue weighted by Gasteiger charge is 2.29. The van der Waals surface area contributed by atoms with Crippen LogP contribution in [-0.4, -0.2) is 43.3 Å². The number of benzene rings is 1. The molecule has 1 aromatic rings. The summed E-state index contributed by atoms with van der Waals surface area (Å²) < 4.78 is 26.4. The minimum atomic E-state index is -3.78. The Morgan fingerprint density at radius 1 is 1.21 bits per heavy atom. The maximum atomic E-state index is 12.1. The molecule has 0 spiro atoms. The van der Waals surface area contributed by atoms with Crippen LogP contribution < -0.4 is 4.72 Å². The lowest BCUT2D eigenvalue weighted by molar-refractivity contribution is 0.122. The van der Waals surface area contributed by atoms with Crippen LogP contribution in [0.4, 0.5) is 0 Å². The Labute approximate surface area is 118 Å². The molecule has 1 rings (SSSR count). The van der Waals surface area contributed by atoms with Crippen LogP contribution in [0.1, 0.15) is 12.5 Å². The van der Waals surface area contributed by atoms with Gasteiger partial charge in [0.2, 0.25) is 10.0 Å². The van der Waals surface area contributed by atoms with Crippen molar-refractivity contribution in [2.45, 2.75) is 23.8 Å². The molecule has 0 aliphatic heterocycles. The second-order valence-corrected chi connectivity index (χ2v) is 6.63. The van der Waals surface area contributed by atoms with Crippen molar-refractivity contribution >= 4 is 21.6 Å². The van der Waals surface area contributed by atoms with Crippen molar-refractivity contribution in [3.63, 3.8) is 0 Å². The maximum absolute atomic E-state index is 12.1. The van der Waals surface area contributed by atoms with Crippen LogP contribution in [0, 0.1) is 0 Å². The van der Waals surface area contributed by atoms with Crippen LogP contribution in [0.5, 0.6) is 0 Å². The number of hydrogen-bond acceptors (Lipinski definition) is 4. The molecular weight excluding hydrogens is 290 g/mol. The second-order valence-electron chi connectivity index (χ2n) is 4.57.